The number of aromatic nitrogens is 1. The summed E-state index contributed by atoms with van der Waals surface area (Å²) >= 11 is 12.5. The van der Waals surface area contributed by atoms with Crippen molar-refractivity contribution >= 4 is 40.0 Å². The number of carbonyl (C=O) groups excluding carboxylic acids is 1. The van der Waals surface area contributed by atoms with Gasteiger partial charge in [-0.25, -0.2) is 4.98 Å². The van der Waals surface area contributed by atoms with E-state index in [-0.39, 0.29) is 18.6 Å². The summed E-state index contributed by atoms with van der Waals surface area (Å²) in [5, 5.41) is 4.53. The molecule has 146 valence electrons. The number of nitrogens with one attached hydrogen (secondary N) is 1. The largest absolute Gasteiger partial charge is 0.480 e. The fourth-order valence-electron chi connectivity index (χ4n) is 2.98. The first-order valence-electron chi connectivity index (χ1n) is 9.15. The van der Waals surface area contributed by atoms with E-state index >= 15 is 0 Å². The van der Waals surface area contributed by atoms with Crippen molar-refractivity contribution in [3.8, 4) is 5.75 Å². The van der Waals surface area contributed by atoms with Crippen LogP contribution in [0.1, 0.15) is 24.6 Å². The Hall–Kier alpha value is -2.30. The van der Waals surface area contributed by atoms with E-state index in [1.807, 2.05) is 44.2 Å². The molecule has 4 nitrogen and oxygen atoms in total. The summed E-state index contributed by atoms with van der Waals surface area (Å²) < 4.78 is 5.72. The zero-order chi connectivity index (χ0) is 20.1. The average molecular weight is 417 g/mol. The molecule has 0 aliphatic carbocycles. The summed E-state index contributed by atoms with van der Waals surface area (Å²) in [6, 6.07) is 15.6. The van der Waals surface area contributed by atoms with Crippen molar-refractivity contribution in [2.45, 2.75) is 32.7 Å². The molecule has 1 heterocycles. The highest BCUT2D eigenvalue weighted by Gasteiger charge is 2.15. The summed E-state index contributed by atoms with van der Waals surface area (Å²) in [6.07, 6.45) is 1.75. The Labute approximate surface area is 174 Å². The van der Waals surface area contributed by atoms with Crippen LogP contribution in [0.25, 0.3) is 10.9 Å². The molecule has 0 aliphatic heterocycles. The monoisotopic (exact) mass is 416 g/mol. The van der Waals surface area contributed by atoms with Gasteiger partial charge in [-0.15, -0.1) is 0 Å². The van der Waals surface area contributed by atoms with Gasteiger partial charge >= 0.3 is 0 Å². The van der Waals surface area contributed by atoms with Gasteiger partial charge in [0.1, 0.15) is 5.52 Å². The molecule has 3 aromatic rings. The molecule has 0 fully saturated rings. The molecule has 28 heavy (non-hydrogen) atoms. The van der Waals surface area contributed by atoms with E-state index in [4.69, 9.17) is 27.9 Å². The van der Waals surface area contributed by atoms with Gasteiger partial charge in [0.05, 0.1) is 10.0 Å². The van der Waals surface area contributed by atoms with Crippen LogP contribution in [-0.2, 0) is 11.2 Å². The Kier molecular flexibility index (Phi) is 6.76. The average Bonchev–Trinajstić information content (AvgIpc) is 2.66. The molecule has 1 atom stereocenters. The van der Waals surface area contributed by atoms with Crippen molar-refractivity contribution in [1.29, 1.82) is 0 Å². The van der Waals surface area contributed by atoms with Crippen LogP contribution in [-0.4, -0.2) is 23.5 Å². The number of benzene rings is 2. The molecule has 3 rings (SSSR count). The van der Waals surface area contributed by atoms with E-state index in [1.54, 1.807) is 6.07 Å². The van der Waals surface area contributed by atoms with Crippen molar-refractivity contribution in [1.82, 2.24) is 10.3 Å². The Morgan fingerprint density at radius 1 is 1.14 bits per heavy atom. The minimum atomic E-state index is -0.201. The van der Waals surface area contributed by atoms with Gasteiger partial charge in [-0.3, -0.25) is 4.79 Å². The third-order valence-electron chi connectivity index (χ3n) is 4.44. The maximum Gasteiger partial charge on any atom is 0.258 e. The highest BCUT2D eigenvalue weighted by molar-refractivity contribution is 6.39. The van der Waals surface area contributed by atoms with E-state index < -0.39 is 0 Å². The summed E-state index contributed by atoms with van der Waals surface area (Å²) in [4.78, 5) is 16.8. The second kappa shape index (κ2) is 9.26. The highest BCUT2D eigenvalue weighted by Crippen LogP contribution is 2.37. The third kappa shape index (κ3) is 5.15. The molecule has 6 heteroatoms. The fourth-order valence-corrected chi connectivity index (χ4v) is 3.55. The van der Waals surface area contributed by atoms with Gasteiger partial charge in [-0.1, -0.05) is 53.5 Å². The van der Waals surface area contributed by atoms with E-state index in [0.29, 0.717) is 21.3 Å². The molecule has 0 radical (unpaired) electrons. The Morgan fingerprint density at radius 3 is 2.64 bits per heavy atom. The SMILES string of the molecule is Cc1ccc2c(Cl)cc(Cl)c(OCC(=O)NC(C)CCc3ccccc3)c2n1. The van der Waals surface area contributed by atoms with Crippen molar-refractivity contribution < 1.29 is 9.53 Å². The van der Waals surface area contributed by atoms with Gasteiger partial charge < -0.3 is 10.1 Å². The lowest BCUT2D eigenvalue weighted by Gasteiger charge is -2.16. The highest BCUT2D eigenvalue weighted by atomic mass is 35.5. The van der Waals surface area contributed by atoms with Gasteiger partial charge in [0, 0.05) is 17.1 Å². The number of ether oxygens (including phenoxy) is 1. The van der Waals surface area contributed by atoms with Crippen LogP contribution in [0.15, 0.2) is 48.5 Å². The Balaban J connectivity index is 1.61. The van der Waals surface area contributed by atoms with Crippen molar-refractivity contribution in [2.75, 3.05) is 6.61 Å². The second-order valence-corrected chi connectivity index (χ2v) is 7.61. The molecular weight excluding hydrogens is 395 g/mol. The van der Waals surface area contributed by atoms with Crippen LogP contribution in [0.2, 0.25) is 10.0 Å². The van der Waals surface area contributed by atoms with Crippen LogP contribution >= 0.6 is 23.2 Å². The maximum atomic E-state index is 12.3. The van der Waals surface area contributed by atoms with Gasteiger partial charge in [0.15, 0.2) is 12.4 Å². The predicted molar refractivity (Wildman–Crippen MR) is 114 cm³/mol. The van der Waals surface area contributed by atoms with Crippen molar-refractivity contribution in [2.24, 2.45) is 0 Å². The first-order valence-corrected chi connectivity index (χ1v) is 9.91. The Morgan fingerprint density at radius 2 is 1.89 bits per heavy atom. The number of rotatable bonds is 7. The standard InChI is InChI=1S/C22H22Cl2N2O2/c1-14(8-10-16-6-4-3-5-7-16)25-20(27)13-28-22-19(24)12-18(23)17-11-9-15(2)26-21(17)22/h3-7,9,11-12,14H,8,10,13H2,1-2H3,(H,25,27). The molecule has 0 aliphatic rings. The third-order valence-corrected chi connectivity index (χ3v) is 5.03. The molecule has 1 aromatic heterocycles. The normalized spacial score (nSPS) is 12.0. The number of halogens is 2. The van der Waals surface area contributed by atoms with Gasteiger partial charge in [-0.2, -0.15) is 0 Å². The van der Waals surface area contributed by atoms with Gasteiger partial charge in [-0.05, 0) is 50.5 Å². The second-order valence-electron chi connectivity index (χ2n) is 6.80. The van der Waals surface area contributed by atoms with Crippen LogP contribution in [0, 0.1) is 6.92 Å². The summed E-state index contributed by atoms with van der Waals surface area (Å²) in [6.45, 7) is 3.72. The maximum absolute atomic E-state index is 12.3. The first kappa shape index (κ1) is 20.4. The molecular formula is C22H22Cl2N2O2. The lowest BCUT2D eigenvalue weighted by molar-refractivity contribution is -0.123. The summed E-state index contributed by atoms with van der Waals surface area (Å²) in [5.41, 5.74) is 2.62. The quantitative estimate of drug-likeness (QED) is 0.563. The fraction of sp³-hybridized carbons (Fsp3) is 0.273. The molecule has 0 spiro atoms. The molecule has 0 bridgehead atoms. The molecule has 2 aromatic carbocycles. The van der Waals surface area contributed by atoms with Gasteiger partial charge in [0.2, 0.25) is 0 Å². The minimum absolute atomic E-state index is 0.0362. The Bertz CT molecular complexity index is 977. The lowest BCUT2D eigenvalue weighted by Crippen LogP contribution is -2.36. The zero-order valence-corrected chi connectivity index (χ0v) is 17.3. The number of hydrogen-bond donors (Lipinski definition) is 1. The topological polar surface area (TPSA) is 51.2 Å². The van der Waals surface area contributed by atoms with E-state index in [2.05, 4.69) is 22.4 Å². The van der Waals surface area contributed by atoms with Crippen molar-refractivity contribution in [3.63, 3.8) is 0 Å². The predicted octanol–water partition coefficient (Wildman–Crippen LogP) is 5.37. The van der Waals surface area contributed by atoms with E-state index in [1.165, 1.54) is 5.56 Å². The molecule has 1 N–H and O–H groups in total. The summed E-state index contributed by atoms with van der Waals surface area (Å²) in [7, 11) is 0. The number of carbonyl (C=O) groups is 1. The number of amides is 1. The molecule has 0 saturated heterocycles. The van der Waals surface area contributed by atoms with Gasteiger partial charge in [0.25, 0.3) is 5.91 Å². The van der Waals surface area contributed by atoms with Crippen LogP contribution in [0.3, 0.4) is 0 Å². The van der Waals surface area contributed by atoms with Crippen LogP contribution < -0.4 is 10.1 Å². The van der Waals surface area contributed by atoms with Crippen LogP contribution in [0.5, 0.6) is 5.75 Å². The number of nitrogens with zero attached hydrogens (tertiary/aromatic N) is 1. The molecule has 1 amide bonds. The molecule has 1 unspecified atom stereocenters. The van der Waals surface area contributed by atoms with E-state index in [9.17, 15) is 4.79 Å². The minimum Gasteiger partial charge on any atom is -0.480 e. The smallest absolute Gasteiger partial charge is 0.258 e. The molecule has 0 saturated carbocycles. The lowest BCUT2D eigenvalue weighted by atomic mass is 10.1. The van der Waals surface area contributed by atoms with E-state index in [0.717, 1.165) is 23.9 Å². The first-order chi connectivity index (χ1) is 13.4. The number of fused-ring (bicyclic) bond motifs is 1. The summed E-state index contributed by atoms with van der Waals surface area (Å²) in [5.74, 6) is 0.171. The number of hydrogen-bond acceptors (Lipinski definition) is 3. The van der Waals surface area contributed by atoms with Crippen LogP contribution in [0.4, 0.5) is 0 Å². The number of aryl methyl sites for hydroxylation is 2. The zero-order valence-electron chi connectivity index (χ0n) is 15.8. The van der Waals surface area contributed by atoms with Crippen molar-refractivity contribution in [3.05, 3.63) is 69.8 Å². The number of pyridine rings is 1.